The normalized spacial score (nSPS) is 17.8. The van der Waals surface area contributed by atoms with Gasteiger partial charge in [-0.25, -0.2) is 0 Å². The molecule has 0 bridgehead atoms. The number of benzene rings is 2. The lowest BCUT2D eigenvalue weighted by molar-refractivity contribution is -0.122. The molecule has 0 radical (unpaired) electrons. The Morgan fingerprint density at radius 3 is 2.75 bits per heavy atom. The number of amides is 1. The van der Waals surface area contributed by atoms with Gasteiger partial charge in [0.2, 0.25) is 5.91 Å². The van der Waals surface area contributed by atoms with E-state index in [1.807, 2.05) is 30.3 Å². The third-order valence-electron chi connectivity index (χ3n) is 4.71. The molecule has 1 aliphatic rings. The number of nitrogens with one attached hydrogen (secondary N) is 1. The molecule has 2 aromatic carbocycles. The largest absolute Gasteiger partial charge is 0.351 e. The van der Waals surface area contributed by atoms with Gasteiger partial charge < -0.3 is 5.32 Å². The second-order valence-corrected chi connectivity index (χ2v) is 6.76. The highest BCUT2D eigenvalue weighted by Gasteiger charge is 2.28. The number of hydrogen-bond donors (Lipinski definition) is 1. The van der Waals surface area contributed by atoms with Gasteiger partial charge in [0, 0.05) is 17.6 Å². The van der Waals surface area contributed by atoms with Gasteiger partial charge in [-0.1, -0.05) is 54.1 Å². The lowest BCUT2D eigenvalue weighted by atomic mass is 10.0. The molecule has 1 unspecified atom stereocenters. The van der Waals surface area contributed by atoms with Gasteiger partial charge >= 0.3 is 0 Å². The van der Waals surface area contributed by atoms with Gasteiger partial charge in [0.25, 0.3) is 0 Å². The SMILES string of the molecule is Cc1ccccc1CNC(=O)CN1CCCC1c1ccccc1Cl. The van der Waals surface area contributed by atoms with E-state index < -0.39 is 0 Å². The van der Waals surface area contributed by atoms with Crippen LogP contribution in [0.4, 0.5) is 0 Å². The monoisotopic (exact) mass is 342 g/mol. The topological polar surface area (TPSA) is 32.3 Å². The van der Waals surface area contributed by atoms with E-state index in [2.05, 4.69) is 35.3 Å². The fourth-order valence-corrected chi connectivity index (χ4v) is 3.62. The number of hydrogen-bond acceptors (Lipinski definition) is 2. The van der Waals surface area contributed by atoms with Crippen molar-refractivity contribution in [2.24, 2.45) is 0 Å². The van der Waals surface area contributed by atoms with Gasteiger partial charge in [0.1, 0.15) is 0 Å². The Kier molecular flexibility index (Phi) is 5.54. The van der Waals surface area contributed by atoms with Crippen LogP contribution < -0.4 is 5.32 Å². The average molecular weight is 343 g/mol. The zero-order chi connectivity index (χ0) is 16.9. The molecule has 1 atom stereocenters. The maximum atomic E-state index is 12.4. The molecule has 126 valence electrons. The fraction of sp³-hybridized carbons (Fsp3) is 0.350. The molecular formula is C20H23ClN2O. The number of aryl methyl sites for hydroxylation is 1. The molecular weight excluding hydrogens is 320 g/mol. The molecule has 1 amide bonds. The van der Waals surface area contributed by atoms with E-state index in [9.17, 15) is 4.79 Å². The third kappa shape index (κ3) is 3.97. The predicted molar refractivity (Wildman–Crippen MR) is 98.0 cm³/mol. The lowest BCUT2D eigenvalue weighted by Gasteiger charge is -2.25. The molecule has 1 fully saturated rings. The second kappa shape index (κ2) is 7.82. The van der Waals surface area contributed by atoms with Crippen molar-refractivity contribution in [3.05, 3.63) is 70.2 Å². The van der Waals surface area contributed by atoms with Crippen molar-refractivity contribution in [3.8, 4) is 0 Å². The van der Waals surface area contributed by atoms with Gasteiger partial charge in [-0.15, -0.1) is 0 Å². The van der Waals surface area contributed by atoms with Crippen LogP contribution >= 0.6 is 11.6 Å². The molecule has 1 saturated heterocycles. The summed E-state index contributed by atoms with van der Waals surface area (Å²) in [6.07, 6.45) is 2.15. The Balaban J connectivity index is 1.59. The van der Waals surface area contributed by atoms with Crippen LogP contribution in [0.15, 0.2) is 48.5 Å². The minimum atomic E-state index is 0.0669. The van der Waals surface area contributed by atoms with Gasteiger partial charge in [-0.05, 0) is 49.1 Å². The van der Waals surface area contributed by atoms with Crippen LogP contribution in [0.25, 0.3) is 0 Å². The molecule has 4 heteroatoms. The van der Waals surface area contributed by atoms with Crippen molar-refractivity contribution < 1.29 is 4.79 Å². The zero-order valence-corrected chi connectivity index (χ0v) is 14.7. The summed E-state index contributed by atoms with van der Waals surface area (Å²) in [4.78, 5) is 14.6. The first-order valence-corrected chi connectivity index (χ1v) is 8.82. The summed E-state index contributed by atoms with van der Waals surface area (Å²) < 4.78 is 0. The van der Waals surface area contributed by atoms with E-state index in [0.717, 1.165) is 35.5 Å². The highest BCUT2D eigenvalue weighted by Crippen LogP contribution is 2.35. The molecule has 1 aliphatic heterocycles. The van der Waals surface area contributed by atoms with Crippen LogP contribution in [0.5, 0.6) is 0 Å². The van der Waals surface area contributed by atoms with Crippen molar-refractivity contribution >= 4 is 17.5 Å². The van der Waals surface area contributed by atoms with Crippen molar-refractivity contribution in [2.45, 2.75) is 32.4 Å². The Hall–Kier alpha value is -1.84. The van der Waals surface area contributed by atoms with E-state index in [1.165, 1.54) is 5.56 Å². The van der Waals surface area contributed by atoms with E-state index in [1.54, 1.807) is 0 Å². The van der Waals surface area contributed by atoms with E-state index >= 15 is 0 Å². The third-order valence-corrected chi connectivity index (χ3v) is 5.06. The lowest BCUT2D eigenvalue weighted by Crippen LogP contribution is -2.36. The van der Waals surface area contributed by atoms with Crippen LogP contribution in [-0.2, 0) is 11.3 Å². The number of nitrogens with zero attached hydrogens (tertiary/aromatic N) is 1. The Morgan fingerprint density at radius 2 is 1.96 bits per heavy atom. The number of halogens is 1. The van der Waals surface area contributed by atoms with Crippen LogP contribution in [0.3, 0.4) is 0 Å². The molecule has 2 aromatic rings. The Bertz CT molecular complexity index is 716. The van der Waals surface area contributed by atoms with Gasteiger partial charge in [0.05, 0.1) is 6.54 Å². The maximum Gasteiger partial charge on any atom is 0.234 e. The molecule has 1 N–H and O–H groups in total. The first-order chi connectivity index (χ1) is 11.6. The van der Waals surface area contributed by atoms with Crippen molar-refractivity contribution in [1.82, 2.24) is 10.2 Å². The summed E-state index contributed by atoms with van der Waals surface area (Å²) in [6, 6.07) is 16.3. The summed E-state index contributed by atoms with van der Waals surface area (Å²) >= 11 is 6.34. The molecule has 0 spiro atoms. The van der Waals surface area contributed by atoms with Crippen molar-refractivity contribution in [2.75, 3.05) is 13.1 Å². The smallest absolute Gasteiger partial charge is 0.234 e. The molecule has 0 aliphatic carbocycles. The van der Waals surface area contributed by atoms with Gasteiger partial charge in [0.15, 0.2) is 0 Å². The molecule has 0 aromatic heterocycles. The summed E-state index contributed by atoms with van der Waals surface area (Å²) in [6.45, 7) is 4.00. The summed E-state index contributed by atoms with van der Waals surface area (Å²) in [5, 5.41) is 3.83. The highest BCUT2D eigenvalue weighted by atomic mass is 35.5. The second-order valence-electron chi connectivity index (χ2n) is 6.35. The Labute approximate surface area is 148 Å². The maximum absolute atomic E-state index is 12.4. The molecule has 1 heterocycles. The van der Waals surface area contributed by atoms with Crippen LogP contribution in [0.2, 0.25) is 5.02 Å². The number of rotatable bonds is 5. The Morgan fingerprint density at radius 1 is 1.21 bits per heavy atom. The minimum Gasteiger partial charge on any atom is -0.351 e. The molecule has 24 heavy (non-hydrogen) atoms. The molecule has 3 rings (SSSR count). The number of likely N-dealkylation sites (tertiary alicyclic amines) is 1. The van der Waals surface area contributed by atoms with E-state index in [4.69, 9.17) is 11.6 Å². The summed E-state index contributed by atoms with van der Waals surface area (Å²) in [5.41, 5.74) is 3.49. The molecule has 3 nitrogen and oxygen atoms in total. The van der Waals surface area contributed by atoms with Crippen LogP contribution in [0.1, 0.15) is 35.6 Å². The summed E-state index contributed by atoms with van der Waals surface area (Å²) in [5.74, 6) is 0.0669. The highest BCUT2D eigenvalue weighted by molar-refractivity contribution is 6.31. The first kappa shape index (κ1) is 17.0. The quantitative estimate of drug-likeness (QED) is 0.887. The predicted octanol–water partition coefficient (Wildman–Crippen LogP) is 4.10. The summed E-state index contributed by atoms with van der Waals surface area (Å²) in [7, 11) is 0. The van der Waals surface area contributed by atoms with Crippen molar-refractivity contribution in [1.29, 1.82) is 0 Å². The average Bonchev–Trinajstić information content (AvgIpc) is 3.02. The van der Waals surface area contributed by atoms with Gasteiger partial charge in [-0.2, -0.15) is 0 Å². The number of carbonyl (C=O) groups excluding carboxylic acids is 1. The van der Waals surface area contributed by atoms with Crippen LogP contribution in [0, 0.1) is 6.92 Å². The van der Waals surface area contributed by atoms with E-state index in [-0.39, 0.29) is 11.9 Å². The van der Waals surface area contributed by atoms with E-state index in [0.29, 0.717) is 13.1 Å². The fourth-order valence-electron chi connectivity index (χ4n) is 3.36. The van der Waals surface area contributed by atoms with Gasteiger partial charge in [-0.3, -0.25) is 9.69 Å². The molecule has 0 saturated carbocycles. The zero-order valence-electron chi connectivity index (χ0n) is 14.0. The van der Waals surface area contributed by atoms with Crippen LogP contribution in [-0.4, -0.2) is 23.9 Å². The standard InChI is InChI=1S/C20H23ClN2O/c1-15-7-2-3-8-16(15)13-22-20(24)14-23-12-6-11-19(23)17-9-4-5-10-18(17)21/h2-5,7-10,19H,6,11-14H2,1H3,(H,22,24). The minimum absolute atomic E-state index is 0.0669. The number of carbonyl (C=O) groups is 1. The first-order valence-electron chi connectivity index (χ1n) is 8.45. The van der Waals surface area contributed by atoms with Crippen molar-refractivity contribution in [3.63, 3.8) is 0 Å².